The Kier molecular flexibility index (Phi) is 4.72. The zero-order valence-corrected chi connectivity index (χ0v) is 12.9. The van der Waals surface area contributed by atoms with Gasteiger partial charge in [0.05, 0.1) is 0 Å². The van der Waals surface area contributed by atoms with Crippen LogP contribution in [0.2, 0.25) is 0 Å². The van der Waals surface area contributed by atoms with Gasteiger partial charge in [-0.2, -0.15) is 0 Å². The van der Waals surface area contributed by atoms with Crippen LogP contribution in [-0.4, -0.2) is 11.1 Å². The lowest BCUT2D eigenvalue weighted by Crippen LogP contribution is -2.32. The van der Waals surface area contributed by atoms with Gasteiger partial charge < -0.3 is 4.42 Å². The number of carbonyl (C=O) groups is 1. The molecule has 0 fully saturated rings. The lowest BCUT2D eigenvalue weighted by molar-refractivity contribution is -0.133. The molecular formula is C19H17NO4. The molecule has 3 rings (SSSR count). The van der Waals surface area contributed by atoms with E-state index in [1.54, 1.807) is 23.7 Å². The zero-order chi connectivity index (χ0) is 16.9. The molecule has 1 heterocycles. The molecule has 1 atom stereocenters. The van der Waals surface area contributed by atoms with E-state index in [-0.39, 0.29) is 6.42 Å². The predicted octanol–water partition coefficient (Wildman–Crippen LogP) is 2.70. The molecule has 5 nitrogen and oxygen atoms in total. The molecule has 3 aromatic rings. The summed E-state index contributed by atoms with van der Waals surface area (Å²) < 4.78 is 5.31. The highest BCUT2D eigenvalue weighted by Crippen LogP contribution is 2.17. The first-order valence-corrected chi connectivity index (χ1v) is 7.67. The van der Waals surface area contributed by atoms with Crippen LogP contribution in [0, 0.1) is 5.92 Å². The summed E-state index contributed by atoms with van der Waals surface area (Å²) in [4.78, 5) is 24.2. The fraction of sp³-hybridized carbons (Fsp3) is 0.158. The van der Waals surface area contributed by atoms with Crippen LogP contribution in [0.25, 0.3) is 11.0 Å². The summed E-state index contributed by atoms with van der Waals surface area (Å²) in [5, 5.41) is 9.80. The highest BCUT2D eigenvalue weighted by Gasteiger charge is 2.21. The Balaban J connectivity index is 1.91. The minimum Gasteiger partial charge on any atom is -0.423 e. The van der Waals surface area contributed by atoms with Crippen LogP contribution in [0.1, 0.15) is 11.1 Å². The summed E-state index contributed by atoms with van der Waals surface area (Å²) in [5.41, 5.74) is 3.11. The topological polar surface area (TPSA) is 79.5 Å². The zero-order valence-electron chi connectivity index (χ0n) is 12.9. The highest BCUT2D eigenvalue weighted by molar-refractivity contribution is 5.79. The molecule has 0 aliphatic heterocycles. The number of carbonyl (C=O) groups excluding carboxylic acids is 1. The van der Waals surface area contributed by atoms with Gasteiger partial charge in [-0.1, -0.05) is 48.5 Å². The number of rotatable bonds is 5. The minimum absolute atomic E-state index is 0.189. The number of hydrogen-bond donors (Lipinski definition) is 2. The molecule has 1 unspecified atom stereocenters. The highest BCUT2D eigenvalue weighted by atomic mass is 16.5. The molecule has 1 amide bonds. The number of benzene rings is 2. The van der Waals surface area contributed by atoms with E-state index >= 15 is 0 Å². The molecular weight excluding hydrogens is 306 g/mol. The SMILES string of the molecule is O=C(NO)C(Cc1ccccc1)Cc1cc2ccccc2oc1=O. The Labute approximate surface area is 138 Å². The number of hydrogen-bond acceptors (Lipinski definition) is 4. The average Bonchev–Trinajstić information content (AvgIpc) is 2.62. The third-order valence-electron chi connectivity index (χ3n) is 3.99. The summed E-state index contributed by atoms with van der Waals surface area (Å²) in [6.45, 7) is 0. The summed E-state index contributed by atoms with van der Waals surface area (Å²) in [7, 11) is 0. The van der Waals surface area contributed by atoms with Crippen molar-refractivity contribution in [2.24, 2.45) is 5.92 Å². The van der Waals surface area contributed by atoms with Crippen LogP contribution in [0.5, 0.6) is 0 Å². The van der Waals surface area contributed by atoms with Gasteiger partial charge in [0.25, 0.3) is 0 Å². The predicted molar refractivity (Wildman–Crippen MR) is 89.8 cm³/mol. The molecule has 0 saturated carbocycles. The molecule has 1 aromatic heterocycles. The van der Waals surface area contributed by atoms with Crippen molar-refractivity contribution >= 4 is 16.9 Å². The first-order chi connectivity index (χ1) is 11.7. The van der Waals surface area contributed by atoms with E-state index in [1.165, 1.54) is 0 Å². The van der Waals surface area contributed by atoms with E-state index < -0.39 is 17.5 Å². The number of fused-ring (bicyclic) bond motifs is 1. The summed E-state index contributed by atoms with van der Waals surface area (Å²) in [6, 6.07) is 18.4. The summed E-state index contributed by atoms with van der Waals surface area (Å²) in [5.74, 6) is -1.09. The van der Waals surface area contributed by atoms with Gasteiger partial charge >= 0.3 is 5.63 Å². The molecule has 0 radical (unpaired) electrons. The first-order valence-electron chi connectivity index (χ1n) is 7.67. The molecule has 0 bridgehead atoms. The number of hydroxylamine groups is 1. The van der Waals surface area contributed by atoms with E-state index in [2.05, 4.69) is 0 Å². The van der Waals surface area contributed by atoms with Crippen molar-refractivity contribution in [2.45, 2.75) is 12.8 Å². The van der Waals surface area contributed by atoms with Gasteiger partial charge in [0, 0.05) is 16.9 Å². The van der Waals surface area contributed by atoms with Crippen molar-refractivity contribution in [3.63, 3.8) is 0 Å². The quantitative estimate of drug-likeness (QED) is 0.430. The van der Waals surface area contributed by atoms with Gasteiger partial charge in [-0.3, -0.25) is 10.0 Å². The number of nitrogens with one attached hydrogen (secondary N) is 1. The van der Waals surface area contributed by atoms with Gasteiger partial charge in [0.2, 0.25) is 5.91 Å². The largest absolute Gasteiger partial charge is 0.423 e. The van der Waals surface area contributed by atoms with Crippen LogP contribution in [-0.2, 0) is 17.6 Å². The Hall–Kier alpha value is -2.92. The van der Waals surface area contributed by atoms with Gasteiger partial charge in [0.1, 0.15) is 5.58 Å². The lowest BCUT2D eigenvalue weighted by atomic mass is 9.92. The van der Waals surface area contributed by atoms with Crippen molar-refractivity contribution in [2.75, 3.05) is 0 Å². The van der Waals surface area contributed by atoms with Crippen LogP contribution in [0.15, 0.2) is 69.9 Å². The fourth-order valence-corrected chi connectivity index (χ4v) is 2.76. The summed E-state index contributed by atoms with van der Waals surface area (Å²) >= 11 is 0. The minimum atomic E-state index is -0.568. The number of amides is 1. The third kappa shape index (κ3) is 3.52. The second-order valence-electron chi connectivity index (χ2n) is 5.66. The molecule has 24 heavy (non-hydrogen) atoms. The molecule has 2 aromatic carbocycles. The molecule has 0 spiro atoms. The van der Waals surface area contributed by atoms with E-state index in [9.17, 15) is 9.59 Å². The van der Waals surface area contributed by atoms with Gasteiger partial charge in [-0.05, 0) is 30.5 Å². The molecule has 0 saturated heterocycles. The summed E-state index contributed by atoms with van der Waals surface area (Å²) in [6.07, 6.45) is 0.605. The monoisotopic (exact) mass is 323 g/mol. The Morgan fingerprint density at radius 2 is 1.75 bits per heavy atom. The van der Waals surface area contributed by atoms with Crippen molar-refractivity contribution in [1.29, 1.82) is 0 Å². The van der Waals surface area contributed by atoms with Crippen LogP contribution in [0.3, 0.4) is 0 Å². The Bertz CT molecular complexity index is 902. The van der Waals surface area contributed by atoms with E-state index in [4.69, 9.17) is 9.62 Å². The maximum absolute atomic E-state index is 12.2. The third-order valence-corrected chi connectivity index (χ3v) is 3.99. The van der Waals surface area contributed by atoms with Gasteiger partial charge in [0.15, 0.2) is 0 Å². The molecule has 5 heteroatoms. The van der Waals surface area contributed by atoms with Crippen molar-refractivity contribution in [3.8, 4) is 0 Å². The second kappa shape index (κ2) is 7.10. The van der Waals surface area contributed by atoms with Crippen molar-refractivity contribution in [3.05, 3.63) is 82.2 Å². The maximum atomic E-state index is 12.2. The first kappa shape index (κ1) is 16.0. The van der Waals surface area contributed by atoms with Crippen molar-refractivity contribution in [1.82, 2.24) is 5.48 Å². The average molecular weight is 323 g/mol. The van der Waals surface area contributed by atoms with Crippen LogP contribution < -0.4 is 11.1 Å². The van der Waals surface area contributed by atoms with Gasteiger partial charge in [-0.15, -0.1) is 0 Å². The second-order valence-corrected chi connectivity index (χ2v) is 5.66. The van der Waals surface area contributed by atoms with Crippen LogP contribution in [0.4, 0.5) is 0 Å². The van der Waals surface area contributed by atoms with Crippen molar-refractivity contribution < 1.29 is 14.4 Å². The number of para-hydroxylation sites is 1. The molecule has 122 valence electrons. The molecule has 0 aliphatic carbocycles. The standard InChI is InChI=1S/C19H17NO4/c21-18(20-23)15(10-13-6-2-1-3-7-13)12-16-11-14-8-4-5-9-17(14)24-19(16)22/h1-9,11,15,23H,10,12H2,(H,20,21). The van der Waals surface area contributed by atoms with E-state index in [0.29, 0.717) is 17.6 Å². The fourth-order valence-electron chi connectivity index (χ4n) is 2.76. The van der Waals surface area contributed by atoms with Gasteiger partial charge in [-0.25, -0.2) is 10.3 Å². The molecule has 2 N–H and O–H groups in total. The van der Waals surface area contributed by atoms with Crippen LogP contribution >= 0.6 is 0 Å². The smallest absolute Gasteiger partial charge is 0.339 e. The Morgan fingerprint density at radius 3 is 2.50 bits per heavy atom. The lowest BCUT2D eigenvalue weighted by Gasteiger charge is -2.14. The molecule has 0 aliphatic rings. The Morgan fingerprint density at radius 1 is 1.04 bits per heavy atom. The maximum Gasteiger partial charge on any atom is 0.339 e. The van der Waals surface area contributed by atoms with E-state index in [1.807, 2.05) is 42.5 Å². The van der Waals surface area contributed by atoms with E-state index in [0.717, 1.165) is 10.9 Å². The normalized spacial score (nSPS) is 12.0.